The summed E-state index contributed by atoms with van der Waals surface area (Å²) in [4.78, 5) is 36.4. The molecule has 41 heavy (non-hydrogen) atoms. The number of carboxylic acids is 2. The molecule has 3 atom stereocenters. The largest absolute Gasteiger partial charge is 0.497 e. The minimum atomic E-state index is -5.08. The van der Waals surface area contributed by atoms with Gasteiger partial charge in [0.15, 0.2) is 0 Å². The van der Waals surface area contributed by atoms with Crippen LogP contribution in [0.3, 0.4) is 0 Å². The van der Waals surface area contributed by atoms with Crippen molar-refractivity contribution in [3.05, 3.63) is 59.9 Å². The van der Waals surface area contributed by atoms with E-state index in [-0.39, 0.29) is 12.0 Å². The minimum absolute atomic E-state index is 0.0473. The molecule has 1 amide bonds. The summed E-state index contributed by atoms with van der Waals surface area (Å²) in [6.07, 6.45) is -6.62. The maximum Gasteiger partial charge on any atom is 0.490 e. The Balaban J connectivity index is 0.000000349. The fourth-order valence-electron chi connectivity index (χ4n) is 4.04. The Bertz CT molecular complexity index is 1120. The van der Waals surface area contributed by atoms with Gasteiger partial charge >= 0.3 is 24.3 Å². The molecular weight excluding hydrogens is 568 g/mol. The van der Waals surface area contributed by atoms with Crippen molar-refractivity contribution >= 4 is 17.8 Å². The number of aliphatic carboxylic acids is 2. The number of amides is 1. The molecule has 2 aliphatic rings. The normalized spacial score (nSPS) is 20.0. The van der Waals surface area contributed by atoms with E-state index < -0.39 is 24.3 Å². The lowest BCUT2D eigenvalue weighted by Crippen LogP contribution is -2.34. The molecule has 0 unspecified atom stereocenters. The predicted octanol–water partition coefficient (Wildman–Crippen LogP) is 3.23. The average molecular weight is 595 g/mol. The number of ether oxygens (including phenoxy) is 2. The summed E-state index contributed by atoms with van der Waals surface area (Å²) in [7, 11) is 1.68. The number of carbonyl (C=O) groups excluding carboxylic acids is 1. The Labute approximate surface area is 229 Å². The molecule has 0 aliphatic carbocycles. The Morgan fingerprint density at radius 3 is 2.00 bits per heavy atom. The third kappa shape index (κ3) is 10.9. The summed E-state index contributed by atoms with van der Waals surface area (Å²) < 4.78 is 74.7. The first kappa shape index (κ1) is 33.3. The van der Waals surface area contributed by atoms with Crippen molar-refractivity contribution in [3.63, 3.8) is 0 Å². The smallest absolute Gasteiger partial charge is 0.490 e. The molecule has 2 fully saturated rings. The molecule has 4 rings (SSSR count). The lowest BCUT2D eigenvalue weighted by atomic mass is 9.93. The van der Waals surface area contributed by atoms with Gasteiger partial charge in [0.2, 0.25) is 0 Å². The summed E-state index contributed by atoms with van der Waals surface area (Å²) in [5.41, 5.74) is 1.92. The highest BCUT2D eigenvalue weighted by molar-refractivity contribution is 5.93. The Morgan fingerprint density at radius 2 is 1.51 bits per heavy atom. The molecule has 0 spiro atoms. The first-order valence-electron chi connectivity index (χ1n) is 11.9. The number of nitrogens with zero attached hydrogens (tertiary/aromatic N) is 2. The molecule has 2 aliphatic heterocycles. The van der Waals surface area contributed by atoms with Crippen molar-refractivity contribution in [1.82, 2.24) is 15.2 Å². The van der Waals surface area contributed by atoms with Crippen LogP contribution >= 0.6 is 0 Å². The van der Waals surface area contributed by atoms with Gasteiger partial charge in [-0.2, -0.15) is 26.3 Å². The molecular formula is C25H27F6N3O7. The first-order chi connectivity index (χ1) is 19.1. The van der Waals surface area contributed by atoms with E-state index in [0.29, 0.717) is 23.9 Å². The van der Waals surface area contributed by atoms with Gasteiger partial charge in [0, 0.05) is 56.0 Å². The van der Waals surface area contributed by atoms with Crippen LogP contribution in [-0.2, 0) is 20.9 Å². The molecule has 0 radical (unpaired) electrons. The SMILES string of the molecule is COc1ccc(CN2C[C@@H]3[C@@H](CNC(=O)c4ccncc4)CO[C@@H]3C2)cc1.O=C(O)C(F)(F)F.O=C(O)C(F)(F)F. The zero-order chi connectivity index (χ0) is 30.8. The van der Waals surface area contributed by atoms with E-state index in [1.54, 1.807) is 31.6 Å². The third-order valence-electron chi connectivity index (χ3n) is 6.03. The van der Waals surface area contributed by atoms with Gasteiger partial charge in [0.05, 0.1) is 19.8 Å². The van der Waals surface area contributed by atoms with Gasteiger partial charge in [-0.15, -0.1) is 0 Å². The lowest BCUT2D eigenvalue weighted by molar-refractivity contribution is -0.193. The quantitative estimate of drug-likeness (QED) is 0.430. The fraction of sp³-hybridized carbons (Fsp3) is 0.440. The molecule has 10 nitrogen and oxygen atoms in total. The molecule has 16 heteroatoms. The average Bonchev–Trinajstić information content (AvgIpc) is 3.48. The van der Waals surface area contributed by atoms with Gasteiger partial charge in [-0.3, -0.25) is 14.7 Å². The second-order valence-electron chi connectivity index (χ2n) is 8.89. The standard InChI is InChI=1S/C21H25N3O3.2C2HF3O2/c1-26-18-4-2-15(3-5-18)11-24-12-19-17(14-27-20(19)13-24)10-23-21(25)16-6-8-22-9-7-16;2*3-2(4,5)1(6)7/h2-9,17,19-20H,10-14H2,1H3,(H,23,25);2*(H,6,7)/t17-,19+,20+;;/m0../s1. The van der Waals surface area contributed by atoms with Crippen molar-refractivity contribution in [2.45, 2.75) is 25.0 Å². The monoisotopic (exact) mass is 595 g/mol. The fourth-order valence-corrected chi connectivity index (χ4v) is 4.04. The van der Waals surface area contributed by atoms with Gasteiger partial charge in [-0.1, -0.05) is 12.1 Å². The van der Waals surface area contributed by atoms with Crippen molar-refractivity contribution < 1.29 is 60.4 Å². The molecule has 1 aromatic heterocycles. The van der Waals surface area contributed by atoms with Crippen LogP contribution in [0, 0.1) is 11.8 Å². The van der Waals surface area contributed by atoms with E-state index in [0.717, 1.165) is 32.0 Å². The highest BCUT2D eigenvalue weighted by Gasteiger charge is 2.43. The third-order valence-corrected chi connectivity index (χ3v) is 6.03. The van der Waals surface area contributed by atoms with Gasteiger partial charge in [0.25, 0.3) is 5.91 Å². The Hall–Kier alpha value is -3.92. The van der Waals surface area contributed by atoms with Crippen molar-refractivity contribution in [2.75, 3.05) is 33.4 Å². The number of nitrogens with one attached hydrogen (secondary N) is 1. The molecule has 2 saturated heterocycles. The summed E-state index contributed by atoms with van der Waals surface area (Å²) in [6, 6.07) is 11.7. The zero-order valence-corrected chi connectivity index (χ0v) is 21.5. The number of halogens is 6. The number of rotatable bonds is 6. The molecule has 0 bridgehead atoms. The number of benzene rings is 1. The zero-order valence-electron chi connectivity index (χ0n) is 21.5. The van der Waals surface area contributed by atoms with E-state index >= 15 is 0 Å². The van der Waals surface area contributed by atoms with Gasteiger partial charge in [-0.05, 0) is 29.8 Å². The molecule has 226 valence electrons. The van der Waals surface area contributed by atoms with Crippen LogP contribution in [0.2, 0.25) is 0 Å². The van der Waals surface area contributed by atoms with Crippen molar-refractivity contribution in [1.29, 1.82) is 0 Å². The molecule has 3 heterocycles. The van der Waals surface area contributed by atoms with Gasteiger partial charge in [0.1, 0.15) is 5.75 Å². The van der Waals surface area contributed by atoms with E-state index in [1.807, 2.05) is 12.1 Å². The highest BCUT2D eigenvalue weighted by Crippen LogP contribution is 2.34. The number of pyridine rings is 1. The van der Waals surface area contributed by atoms with Crippen LogP contribution in [-0.4, -0.2) is 89.8 Å². The second kappa shape index (κ2) is 14.6. The van der Waals surface area contributed by atoms with Crippen molar-refractivity contribution in [3.8, 4) is 5.75 Å². The van der Waals surface area contributed by atoms with Gasteiger partial charge in [-0.25, -0.2) is 9.59 Å². The molecule has 0 saturated carbocycles. The number of aromatic nitrogens is 1. The molecule has 3 N–H and O–H groups in total. The second-order valence-corrected chi connectivity index (χ2v) is 8.89. The summed E-state index contributed by atoms with van der Waals surface area (Å²) in [6.45, 7) is 4.25. The number of likely N-dealkylation sites (tertiary alicyclic amines) is 1. The number of carboxylic acid groups (broad SMARTS) is 2. The lowest BCUT2D eigenvalue weighted by Gasteiger charge is -2.20. The summed E-state index contributed by atoms with van der Waals surface area (Å²) in [5.74, 6) is -3.85. The van der Waals surface area contributed by atoms with Crippen LogP contribution in [0.5, 0.6) is 5.75 Å². The van der Waals surface area contributed by atoms with Gasteiger partial charge < -0.3 is 25.0 Å². The minimum Gasteiger partial charge on any atom is -0.497 e. The highest BCUT2D eigenvalue weighted by atomic mass is 19.4. The summed E-state index contributed by atoms with van der Waals surface area (Å²) in [5, 5.41) is 17.3. The number of hydrogen-bond donors (Lipinski definition) is 3. The van der Waals surface area contributed by atoms with Crippen LogP contribution in [0.4, 0.5) is 26.3 Å². The van der Waals surface area contributed by atoms with Crippen LogP contribution in [0.1, 0.15) is 15.9 Å². The maximum absolute atomic E-state index is 12.3. The summed E-state index contributed by atoms with van der Waals surface area (Å²) >= 11 is 0. The molecule has 1 aromatic carbocycles. The van der Waals surface area contributed by atoms with Crippen LogP contribution < -0.4 is 10.1 Å². The van der Waals surface area contributed by atoms with Crippen LogP contribution in [0.15, 0.2) is 48.8 Å². The maximum atomic E-state index is 12.3. The first-order valence-corrected chi connectivity index (χ1v) is 11.9. The molecule has 2 aromatic rings. The van der Waals surface area contributed by atoms with Crippen molar-refractivity contribution in [2.24, 2.45) is 11.8 Å². The van der Waals surface area contributed by atoms with E-state index in [4.69, 9.17) is 29.3 Å². The Morgan fingerprint density at radius 1 is 0.976 bits per heavy atom. The number of hydrogen-bond acceptors (Lipinski definition) is 7. The number of alkyl halides is 6. The van der Waals surface area contributed by atoms with E-state index in [2.05, 4.69) is 27.3 Å². The predicted molar refractivity (Wildman–Crippen MR) is 129 cm³/mol. The number of fused-ring (bicyclic) bond motifs is 1. The topological polar surface area (TPSA) is 138 Å². The number of methoxy groups -OCH3 is 1. The Kier molecular flexibility index (Phi) is 11.9. The van der Waals surface area contributed by atoms with E-state index in [1.165, 1.54) is 5.56 Å². The van der Waals surface area contributed by atoms with E-state index in [9.17, 15) is 31.1 Å². The van der Waals surface area contributed by atoms with Crippen LogP contribution in [0.25, 0.3) is 0 Å². The number of carbonyl (C=O) groups is 3.